The first-order chi connectivity index (χ1) is 7.70. The zero-order valence-corrected chi connectivity index (χ0v) is 9.21. The van der Waals surface area contributed by atoms with Gasteiger partial charge in [-0.15, -0.1) is 0 Å². The highest BCUT2D eigenvalue weighted by Gasteiger charge is 2.05. The number of anilines is 2. The lowest BCUT2D eigenvalue weighted by Gasteiger charge is -2.04. The lowest BCUT2D eigenvalue weighted by molar-refractivity contribution is 0.720. The molecule has 6 heteroatoms. The van der Waals surface area contributed by atoms with Crippen LogP contribution in [-0.2, 0) is 13.6 Å². The van der Waals surface area contributed by atoms with Crippen molar-refractivity contribution in [1.82, 2.24) is 19.3 Å². The van der Waals surface area contributed by atoms with Gasteiger partial charge in [0.2, 0.25) is 0 Å². The lowest BCUT2D eigenvalue weighted by atomic mass is 10.5. The summed E-state index contributed by atoms with van der Waals surface area (Å²) in [5.41, 5.74) is -0.143. The summed E-state index contributed by atoms with van der Waals surface area (Å²) in [6, 6.07) is 1.78. The minimum atomic E-state index is -0.143. The fraction of sp³-hybridized carbons (Fsp3) is 0.300. The smallest absolute Gasteiger partial charge is 0.293 e. The summed E-state index contributed by atoms with van der Waals surface area (Å²) in [7, 11) is 1.81. The quantitative estimate of drug-likeness (QED) is 0.827. The summed E-state index contributed by atoms with van der Waals surface area (Å²) in [5, 5.41) is 7.01. The van der Waals surface area contributed by atoms with Gasteiger partial charge in [-0.05, 0) is 6.92 Å². The molecule has 2 rings (SSSR count). The van der Waals surface area contributed by atoms with Gasteiger partial charge in [-0.3, -0.25) is 9.48 Å². The van der Waals surface area contributed by atoms with E-state index in [4.69, 9.17) is 0 Å². The number of aryl methyl sites for hydroxylation is 2. The van der Waals surface area contributed by atoms with Crippen LogP contribution in [0.15, 0.2) is 29.5 Å². The summed E-state index contributed by atoms with van der Waals surface area (Å²) < 4.78 is 3.24. The average Bonchev–Trinajstić information content (AvgIpc) is 2.67. The summed E-state index contributed by atoms with van der Waals surface area (Å²) in [4.78, 5) is 15.8. The van der Waals surface area contributed by atoms with Gasteiger partial charge < -0.3 is 9.88 Å². The molecular weight excluding hydrogens is 206 g/mol. The van der Waals surface area contributed by atoms with Crippen molar-refractivity contribution >= 4 is 11.6 Å². The van der Waals surface area contributed by atoms with Crippen LogP contribution in [0.3, 0.4) is 0 Å². The van der Waals surface area contributed by atoms with Crippen molar-refractivity contribution in [2.45, 2.75) is 13.5 Å². The molecule has 0 aliphatic heterocycles. The molecule has 6 nitrogen and oxygen atoms in total. The first-order valence-electron chi connectivity index (χ1n) is 5.03. The number of nitrogens with one attached hydrogen (secondary N) is 1. The van der Waals surface area contributed by atoms with Crippen molar-refractivity contribution in [2.75, 3.05) is 5.32 Å². The molecule has 0 aliphatic rings. The monoisotopic (exact) mass is 219 g/mol. The van der Waals surface area contributed by atoms with E-state index in [1.54, 1.807) is 33.9 Å². The SMILES string of the molecule is CCn1ccnc(Nc2ccn(C)n2)c1=O. The molecule has 0 spiro atoms. The molecule has 84 valence electrons. The number of aromatic nitrogens is 4. The van der Waals surface area contributed by atoms with Gasteiger partial charge in [-0.1, -0.05) is 0 Å². The standard InChI is InChI=1S/C10H13N5O/c1-3-15-7-5-11-9(10(15)16)12-8-4-6-14(2)13-8/h4-7H,3H2,1-2H3,(H,11,12,13). The number of hydrogen-bond acceptors (Lipinski definition) is 4. The number of nitrogens with zero attached hydrogens (tertiary/aromatic N) is 4. The first kappa shape index (κ1) is 10.4. The van der Waals surface area contributed by atoms with Crippen LogP contribution < -0.4 is 10.9 Å². The maximum atomic E-state index is 11.8. The van der Waals surface area contributed by atoms with Crippen LogP contribution in [0.25, 0.3) is 0 Å². The van der Waals surface area contributed by atoms with Crippen LogP contribution >= 0.6 is 0 Å². The predicted octanol–water partition coefficient (Wildman–Crippen LogP) is 0.740. The highest BCUT2D eigenvalue weighted by Crippen LogP contribution is 2.06. The molecule has 0 bridgehead atoms. The van der Waals surface area contributed by atoms with E-state index in [9.17, 15) is 4.79 Å². The Morgan fingerprint density at radius 2 is 2.25 bits per heavy atom. The van der Waals surface area contributed by atoms with Crippen LogP contribution in [0.5, 0.6) is 0 Å². The van der Waals surface area contributed by atoms with Crippen LogP contribution in [-0.4, -0.2) is 19.3 Å². The molecule has 2 heterocycles. The normalized spacial score (nSPS) is 10.4. The Bertz CT molecular complexity index is 542. The van der Waals surface area contributed by atoms with Gasteiger partial charge in [0, 0.05) is 38.2 Å². The van der Waals surface area contributed by atoms with Crippen LogP contribution in [0.1, 0.15) is 6.92 Å². The minimum Gasteiger partial charge on any atom is -0.319 e. The summed E-state index contributed by atoms with van der Waals surface area (Å²) in [5.74, 6) is 0.906. The fourth-order valence-electron chi connectivity index (χ4n) is 1.39. The molecule has 0 radical (unpaired) electrons. The second kappa shape index (κ2) is 4.18. The van der Waals surface area contributed by atoms with Gasteiger partial charge in [0.25, 0.3) is 5.56 Å². The van der Waals surface area contributed by atoms with E-state index in [1.807, 2.05) is 14.0 Å². The highest BCUT2D eigenvalue weighted by atomic mass is 16.1. The zero-order valence-electron chi connectivity index (χ0n) is 9.21. The Hall–Kier alpha value is -2.11. The molecule has 0 unspecified atom stereocenters. The molecule has 1 N–H and O–H groups in total. The molecule has 0 amide bonds. The minimum absolute atomic E-state index is 0.143. The summed E-state index contributed by atoms with van der Waals surface area (Å²) >= 11 is 0. The third kappa shape index (κ3) is 1.95. The van der Waals surface area contributed by atoms with Crippen LogP contribution in [0.2, 0.25) is 0 Å². The van der Waals surface area contributed by atoms with Gasteiger partial charge >= 0.3 is 0 Å². The third-order valence-corrected chi connectivity index (χ3v) is 2.21. The van der Waals surface area contributed by atoms with E-state index in [0.717, 1.165) is 0 Å². The Morgan fingerprint density at radius 3 is 2.88 bits per heavy atom. The van der Waals surface area contributed by atoms with Crippen molar-refractivity contribution in [1.29, 1.82) is 0 Å². The van der Waals surface area contributed by atoms with Crippen molar-refractivity contribution in [2.24, 2.45) is 7.05 Å². The Morgan fingerprint density at radius 1 is 1.44 bits per heavy atom. The molecule has 0 aromatic carbocycles. The molecule has 0 fully saturated rings. The molecule has 0 saturated heterocycles. The summed E-state index contributed by atoms with van der Waals surface area (Å²) in [6.45, 7) is 2.53. The third-order valence-electron chi connectivity index (χ3n) is 2.21. The van der Waals surface area contributed by atoms with E-state index in [0.29, 0.717) is 18.2 Å². The molecule has 16 heavy (non-hydrogen) atoms. The average molecular weight is 219 g/mol. The highest BCUT2D eigenvalue weighted by molar-refractivity contribution is 5.49. The molecule has 2 aromatic heterocycles. The van der Waals surface area contributed by atoms with Crippen LogP contribution in [0, 0.1) is 0 Å². The van der Waals surface area contributed by atoms with Crippen molar-refractivity contribution in [3.63, 3.8) is 0 Å². The van der Waals surface area contributed by atoms with Gasteiger partial charge in [-0.2, -0.15) is 5.10 Å². The molecular formula is C10H13N5O. The molecule has 2 aromatic rings. The summed E-state index contributed by atoms with van der Waals surface area (Å²) in [6.07, 6.45) is 5.05. The van der Waals surface area contributed by atoms with Gasteiger partial charge in [0.05, 0.1) is 0 Å². The molecule has 0 saturated carbocycles. The van der Waals surface area contributed by atoms with Gasteiger partial charge in [0.15, 0.2) is 11.6 Å². The van der Waals surface area contributed by atoms with E-state index in [2.05, 4.69) is 15.4 Å². The van der Waals surface area contributed by atoms with E-state index in [-0.39, 0.29) is 5.56 Å². The van der Waals surface area contributed by atoms with Crippen molar-refractivity contribution < 1.29 is 0 Å². The Kier molecular flexibility index (Phi) is 2.72. The lowest BCUT2D eigenvalue weighted by Crippen LogP contribution is -2.22. The maximum Gasteiger partial charge on any atom is 0.293 e. The Labute approximate surface area is 92.6 Å². The predicted molar refractivity (Wildman–Crippen MR) is 60.7 cm³/mol. The molecule has 0 atom stereocenters. The maximum absolute atomic E-state index is 11.8. The second-order valence-electron chi connectivity index (χ2n) is 3.37. The zero-order chi connectivity index (χ0) is 11.5. The van der Waals surface area contributed by atoms with E-state index < -0.39 is 0 Å². The number of hydrogen-bond donors (Lipinski definition) is 1. The second-order valence-corrected chi connectivity index (χ2v) is 3.37. The molecule has 0 aliphatic carbocycles. The largest absolute Gasteiger partial charge is 0.319 e. The van der Waals surface area contributed by atoms with Crippen molar-refractivity contribution in [3.05, 3.63) is 35.0 Å². The van der Waals surface area contributed by atoms with Gasteiger partial charge in [-0.25, -0.2) is 4.98 Å². The number of rotatable bonds is 3. The fourth-order valence-corrected chi connectivity index (χ4v) is 1.39. The van der Waals surface area contributed by atoms with E-state index >= 15 is 0 Å². The van der Waals surface area contributed by atoms with Crippen LogP contribution in [0.4, 0.5) is 11.6 Å². The van der Waals surface area contributed by atoms with Gasteiger partial charge in [0.1, 0.15) is 0 Å². The Balaban J connectivity index is 2.31. The first-order valence-corrected chi connectivity index (χ1v) is 5.03. The van der Waals surface area contributed by atoms with E-state index in [1.165, 1.54) is 0 Å². The topological polar surface area (TPSA) is 64.7 Å². The van der Waals surface area contributed by atoms with Crippen molar-refractivity contribution in [3.8, 4) is 0 Å².